The van der Waals surface area contributed by atoms with Crippen LogP contribution >= 0.6 is 0 Å². The number of phenolic OH excluding ortho intramolecular Hbond substituents is 1. The molecule has 2 N–H and O–H groups in total. The second-order valence-corrected chi connectivity index (χ2v) is 6.39. The predicted octanol–water partition coefficient (Wildman–Crippen LogP) is 3.61. The lowest BCUT2D eigenvalue weighted by Gasteiger charge is -2.19. The summed E-state index contributed by atoms with van der Waals surface area (Å²) in [5.74, 6) is 0.873. The minimum Gasteiger partial charge on any atom is -0.508 e. The molecule has 0 unspecified atom stereocenters. The van der Waals surface area contributed by atoms with E-state index in [0.29, 0.717) is 30.2 Å². The average molecular weight is 356 g/mol. The summed E-state index contributed by atoms with van der Waals surface area (Å²) in [4.78, 5) is 13.9. The van der Waals surface area contributed by atoms with Crippen molar-refractivity contribution in [3.63, 3.8) is 0 Å². The van der Waals surface area contributed by atoms with Gasteiger partial charge in [0.15, 0.2) is 0 Å². The van der Waals surface area contributed by atoms with Gasteiger partial charge in [0.05, 0.1) is 12.6 Å². The van der Waals surface area contributed by atoms with Gasteiger partial charge in [0.1, 0.15) is 18.1 Å². The molecule has 0 aliphatic carbocycles. The third-order valence-electron chi connectivity index (χ3n) is 4.29. The van der Waals surface area contributed by atoms with Crippen LogP contribution in [0.1, 0.15) is 18.4 Å². The van der Waals surface area contributed by atoms with E-state index in [1.807, 2.05) is 24.3 Å². The molecule has 1 aliphatic rings. The fraction of sp³-hybridized carbons (Fsp3) is 0.350. The summed E-state index contributed by atoms with van der Waals surface area (Å²) in [5.41, 5.74) is 1.35. The van der Waals surface area contributed by atoms with E-state index in [0.717, 1.165) is 19.4 Å². The van der Waals surface area contributed by atoms with Crippen LogP contribution in [0.4, 0.5) is 10.5 Å². The summed E-state index contributed by atoms with van der Waals surface area (Å²) >= 11 is 0. The Bertz CT molecular complexity index is 744. The number of ether oxygens (including phenoxy) is 2. The SMILES string of the molecule is CN(Cc1ccccc1O)C(=O)Nc1cccc(OC[C@@H]2CCCO2)c1. The number of anilines is 1. The Kier molecular flexibility index (Phi) is 5.96. The Balaban J connectivity index is 1.54. The largest absolute Gasteiger partial charge is 0.508 e. The molecule has 0 radical (unpaired) electrons. The quantitative estimate of drug-likeness (QED) is 0.829. The molecule has 2 aromatic carbocycles. The summed E-state index contributed by atoms with van der Waals surface area (Å²) in [7, 11) is 1.68. The molecular formula is C20H24N2O4. The maximum atomic E-state index is 12.4. The molecule has 0 spiro atoms. The highest BCUT2D eigenvalue weighted by molar-refractivity contribution is 5.89. The number of carbonyl (C=O) groups is 1. The van der Waals surface area contributed by atoms with Crippen molar-refractivity contribution >= 4 is 11.7 Å². The Morgan fingerprint density at radius 3 is 2.92 bits per heavy atom. The number of benzene rings is 2. The van der Waals surface area contributed by atoms with Crippen LogP contribution in [0.5, 0.6) is 11.5 Å². The number of para-hydroxylation sites is 1. The number of amides is 2. The molecule has 138 valence electrons. The van der Waals surface area contributed by atoms with Crippen LogP contribution in [0.2, 0.25) is 0 Å². The van der Waals surface area contributed by atoms with E-state index in [-0.39, 0.29) is 17.9 Å². The number of phenols is 1. The zero-order valence-corrected chi connectivity index (χ0v) is 14.9. The molecule has 0 saturated carbocycles. The number of hydrogen-bond acceptors (Lipinski definition) is 4. The third-order valence-corrected chi connectivity index (χ3v) is 4.29. The topological polar surface area (TPSA) is 71.0 Å². The standard InChI is InChI=1S/C20H24N2O4/c1-22(13-15-6-2-3-10-19(15)23)20(24)21-16-7-4-8-17(12-16)26-14-18-9-5-11-25-18/h2-4,6-8,10,12,18,23H,5,9,11,13-14H2,1H3,(H,21,24)/t18-/m0/s1. The van der Waals surface area contributed by atoms with Crippen LogP contribution in [0.3, 0.4) is 0 Å². The van der Waals surface area contributed by atoms with Gasteiger partial charge >= 0.3 is 6.03 Å². The number of nitrogens with zero attached hydrogens (tertiary/aromatic N) is 1. The molecule has 0 aromatic heterocycles. The second kappa shape index (κ2) is 8.58. The highest BCUT2D eigenvalue weighted by Crippen LogP contribution is 2.21. The number of nitrogens with one attached hydrogen (secondary N) is 1. The molecule has 1 atom stereocenters. The van der Waals surface area contributed by atoms with Crippen molar-refractivity contribution in [1.82, 2.24) is 4.90 Å². The Morgan fingerprint density at radius 2 is 2.15 bits per heavy atom. The lowest BCUT2D eigenvalue weighted by atomic mass is 10.2. The molecule has 6 nitrogen and oxygen atoms in total. The first-order valence-corrected chi connectivity index (χ1v) is 8.75. The van der Waals surface area contributed by atoms with Gasteiger partial charge in [-0.05, 0) is 31.0 Å². The van der Waals surface area contributed by atoms with E-state index in [9.17, 15) is 9.90 Å². The van der Waals surface area contributed by atoms with Crippen LogP contribution < -0.4 is 10.1 Å². The lowest BCUT2D eigenvalue weighted by molar-refractivity contribution is 0.0680. The molecule has 1 saturated heterocycles. The van der Waals surface area contributed by atoms with Gasteiger partial charge in [-0.2, -0.15) is 0 Å². The van der Waals surface area contributed by atoms with E-state index in [1.165, 1.54) is 4.90 Å². The summed E-state index contributed by atoms with van der Waals surface area (Å²) < 4.78 is 11.3. The Morgan fingerprint density at radius 1 is 1.31 bits per heavy atom. The van der Waals surface area contributed by atoms with Gasteiger partial charge < -0.3 is 24.8 Å². The van der Waals surface area contributed by atoms with Crippen molar-refractivity contribution < 1.29 is 19.4 Å². The predicted molar refractivity (Wildman–Crippen MR) is 99.5 cm³/mol. The van der Waals surface area contributed by atoms with E-state index in [2.05, 4.69) is 5.32 Å². The van der Waals surface area contributed by atoms with Crippen LogP contribution in [0.25, 0.3) is 0 Å². The fourth-order valence-corrected chi connectivity index (χ4v) is 2.82. The molecule has 1 aliphatic heterocycles. The van der Waals surface area contributed by atoms with Gasteiger partial charge in [-0.3, -0.25) is 0 Å². The summed E-state index contributed by atoms with van der Waals surface area (Å²) in [6, 6.07) is 14.0. The normalized spacial score (nSPS) is 16.3. The number of rotatable bonds is 6. The maximum Gasteiger partial charge on any atom is 0.321 e. The van der Waals surface area contributed by atoms with Crippen LogP contribution in [-0.4, -0.2) is 42.4 Å². The van der Waals surface area contributed by atoms with E-state index < -0.39 is 0 Å². The smallest absolute Gasteiger partial charge is 0.321 e. The molecule has 2 amide bonds. The first-order valence-electron chi connectivity index (χ1n) is 8.75. The molecule has 26 heavy (non-hydrogen) atoms. The van der Waals surface area contributed by atoms with Crippen molar-refractivity contribution in [2.75, 3.05) is 25.6 Å². The summed E-state index contributed by atoms with van der Waals surface area (Å²) in [6.45, 7) is 1.63. The minimum absolute atomic E-state index is 0.151. The molecule has 1 fully saturated rings. The fourth-order valence-electron chi connectivity index (χ4n) is 2.82. The lowest BCUT2D eigenvalue weighted by Crippen LogP contribution is -2.30. The number of aromatic hydroxyl groups is 1. The van der Waals surface area contributed by atoms with Gasteiger partial charge in [0, 0.05) is 31.0 Å². The summed E-state index contributed by atoms with van der Waals surface area (Å²) in [6.07, 6.45) is 2.25. The van der Waals surface area contributed by atoms with Crippen LogP contribution in [0.15, 0.2) is 48.5 Å². The molecule has 0 bridgehead atoms. The zero-order chi connectivity index (χ0) is 18.4. The van der Waals surface area contributed by atoms with E-state index in [1.54, 1.807) is 31.3 Å². The Hall–Kier alpha value is -2.73. The third kappa shape index (κ3) is 4.89. The zero-order valence-electron chi connectivity index (χ0n) is 14.9. The number of carbonyl (C=O) groups excluding carboxylic acids is 1. The van der Waals surface area contributed by atoms with Gasteiger partial charge in [-0.1, -0.05) is 24.3 Å². The van der Waals surface area contributed by atoms with E-state index in [4.69, 9.17) is 9.47 Å². The van der Waals surface area contributed by atoms with Gasteiger partial charge in [0.2, 0.25) is 0 Å². The Labute approximate surface area is 153 Å². The average Bonchev–Trinajstić information content (AvgIpc) is 3.16. The van der Waals surface area contributed by atoms with Crippen molar-refractivity contribution in [1.29, 1.82) is 0 Å². The minimum atomic E-state index is -0.260. The van der Waals surface area contributed by atoms with Gasteiger partial charge in [0.25, 0.3) is 0 Å². The molecule has 2 aromatic rings. The highest BCUT2D eigenvalue weighted by Gasteiger charge is 2.16. The maximum absolute atomic E-state index is 12.4. The van der Waals surface area contributed by atoms with Crippen molar-refractivity contribution in [3.8, 4) is 11.5 Å². The van der Waals surface area contributed by atoms with Gasteiger partial charge in [-0.15, -0.1) is 0 Å². The molecule has 1 heterocycles. The van der Waals surface area contributed by atoms with Crippen molar-refractivity contribution in [2.24, 2.45) is 0 Å². The monoisotopic (exact) mass is 356 g/mol. The van der Waals surface area contributed by atoms with Crippen LogP contribution in [-0.2, 0) is 11.3 Å². The van der Waals surface area contributed by atoms with E-state index >= 15 is 0 Å². The first-order chi connectivity index (χ1) is 12.6. The molecule has 3 rings (SSSR count). The van der Waals surface area contributed by atoms with Crippen molar-refractivity contribution in [2.45, 2.75) is 25.5 Å². The van der Waals surface area contributed by atoms with Gasteiger partial charge in [-0.25, -0.2) is 4.79 Å². The second-order valence-electron chi connectivity index (χ2n) is 6.39. The first kappa shape index (κ1) is 18.1. The number of urea groups is 1. The molecular weight excluding hydrogens is 332 g/mol. The summed E-state index contributed by atoms with van der Waals surface area (Å²) in [5, 5.41) is 12.7. The van der Waals surface area contributed by atoms with Crippen molar-refractivity contribution in [3.05, 3.63) is 54.1 Å². The van der Waals surface area contributed by atoms with Crippen LogP contribution in [0, 0.1) is 0 Å². The number of hydrogen-bond donors (Lipinski definition) is 2. The highest BCUT2D eigenvalue weighted by atomic mass is 16.5. The molecule has 6 heteroatoms.